The Labute approximate surface area is 181 Å². The fourth-order valence-electron chi connectivity index (χ4n) is 3.75. The first kappa shape index (κ1) is 21.4. The molecule has 7 heteroatoms. The number of aromatic nitrogens is 2. The van der Waals surface area contributed by atoms with Crippen LogP contribution in [0.1, 0.15) is 40.4 Å². The molecule has 0 saturated carbocycles. The third kappa shape index (κ3) is 4.81. The van der Waals surface area contributed by atoms with E-state index < -0.39 is 0 Å². The summed E-state index contributed by atoms with van der Waals surface area (Å²) >= 11 is 6.05. The van der Waals surface area contributed by atoms with Gasteiger partial charge in [-0.1, -0.05) is 29.8 Å². The molecule has 2 aromatic carbocycles. The predicted molar refractivity (Wildman–Crippen MR) is 120 cm³/mol. The minimum Gasteiger partial charge on any atom is -0.322 e. The molecule has 4 rings (SSSR count). The molecule has 0 bridgehead atoms. The van der Waals surface area contributed by atoms with E-state index in [1.54, 1.807) is 18.3 Å². The molecule has 0 radical (unpaired) electrons. The lowest BCUT2D eigenvalue weighted by atomic mass is 9.91. The topological polar surface area (TPSA) is 59.0 Å². The Morgan fingerprint density at radius 3 is 2.66 bits per heavy atom. The molecule has 1 amide bonds. The fraction of sp³-hybridized carbons (Fsp3) is 0.273. The third-order valence-electron chi connectivity index (χ3n) is 5.11. The van der Waals surface area contributed by atoms with Gasteiger partial charge in [-0.3, -0.25) is 4.79 Å². The molecule has 0 aliphatic carbocycles. The SMILES string of the molecule is Cc1cccc(-n2ncc(C(=O)Nc3cccc(Cl)c3)c2C2CCNCC2)c1.Cl. The average Bonchev–Trinajstić information content (AvgIpc) is 3.14. The van der Waals surface area contributed by atoms with Gasteiger partial charge in [-0.15, -0.1) is 12.4 Å². The van der Waals surface area contributed by atoms with Gasteiger partial charge in [0.2, 0.25) is 0 Å². The van der Waals surface area contributed by atoms with Gasteiger partial charge in [0.1, 0.15) is 0 Å². The zero-order valence-electron chi connectivity index (χ0n) is 16.2. The minimum absolute atomic E-state index is 0. The van der Waals surface area contributed by atoms with Crippen LogP contribution in [-0.2, 0) is 0 Å². The molecular weight excluding hydrogens is 407 g/mol. The van der Waals surface area contributed by atoms with E-state index in [1.165, 1.54) is 0 Å². The second-order valence-corrected chi connectivity index (χ2v) is 7.62. The average molecular weight is 431 g/mol. The number of halogens is 2. The smallest absolute Gasteiger partial charge is 0.259 e. The van der Waals surface area contributed by atoms with Crippen LogP contribution in [0, 0.1) is 6.92 Å². The summed E-state index contributed by atoms with van der Waals surface area (Å²) in [6, 6.07) is 15.4. The Bertz CT molecular complexity index is 996. The number of nitrogens with one attached hydrogen (secondary N) is 2. The maximum absolute atomic E-state index is 13.1. The third-order valence-corrected chi connectivity index (χ3v) is 5.34. The Morgan fingerprint density at radius 2 is 1.93 bits per heavy atom. The molecule has 2 N–H and O–H groups in total. The van der Waals surface area contributed by atoms with Gasteiger partial charge in [-0.2, -0.15) is 5.10 Å². The summed E-state index contributed by atoms with van der Waals surface area (Å²) in [5, 5.41) is 11.5. The standard InChI is InChI=1S/C22H23ClN4O.ClH/c1-15-4-2-7-19(12-15)27-21(16-8-10-24-11-9-16)20(14-25-27)22(28)26-18-6-3-5-17(23)13-18;/h2-7,12-14,16,24H,8-11H2,1H3,(H,26,28);1H. The molecule has 1 saturated heterocycles. The number of piperidine rings is 1. The van der Waals surface area contributed by atoms with E-state index in [9.17, 15) is 4.79 Å². The van der Waals surface area contributed by atoms with Gasteiger partial charge in [0.05, 0.1) is 23.1 Å². The first-order valence-electron chi connectivity index (χ1n) is 9.54. The van der Waals surface area contributed by atoms with Crippen molar-refractivity contribution < 1.29 is 4.79 Å². The van der Waals surface area contributed by atoms with Crippen LogP contribution in [0.25, 0.3) is 5.69 Å². The van der Waals surface area contributed by atoms with Crippen molar-refractivity contribution in [1.29, 1.82) is 0 Å². The second kappa shape index (κ2) is 9.44. The molecule has 1 fully saturated rings. The highest BCUT2D eigenvalue weighted by Crippen LogP contribution is 2.31. The Hall–Kier alpha value is -2.34. The highest BCUT2D eigenvalue weighted by Gasteiger charge is 2.27. The van der Waals surface area contributed by atoms with Crippen LogP contribution in [0.15, 0.2) is 54.7 Å². The molecule has 0 atom stereocenters. The first-order valence-corrected chi connectivity index (χ1v) is 9.92. The summed E-state index contributed by atoms with van der Waals surface area (Å²) in [6.45, 7) is 3.95. The van der Waals surface area contributed by atoms with E-state index in [4.69, 9.17) is 11.6 Å². The van der Waals surface area contributed by atoms with Crippen molar-refractivity contribution in [3.05, 3.63) is 76.6 Å². The molecule has 1 aromatic heterocycles. The van der Waals surface area contributed by atoms with E-state index in [1.807, 2.05) is 28.9 Å². The number of carbonyl (C=O) groups excluding carboxylic acids is 1. The number of benzene rings is 2. The fourth-order valence-corrected chi connectivity index (χ4v) is 3.94. The number of amides is 1. The highest BCUT2D eigenvalue weighted by atomic mass is 35.5. The Kier molecular flexibility index (Phi) is 6.96. The summed E-state index contributed by atoms with van der Waals surface area (Å²) in [7, 11) is 0. The number of rotatable bonds is 4. The zero-order chi connectivity index (χ0) is 19.5. The maximum atomic E-state index is 13.1. The number of hydrogen-bond acceptors (Lipinski definition) is 3. The van der Waals surface area contributed by atoms with Crippen molar-refractivity contribution in [2.45, 2.75) is 25.7 Å². The van der Waals surface area contributed by atoms with Crippen LogP contribution in [-0.4, -0.2) is 28.8 Å². The summed E-state index contributed by atoms with van der Waals surface area (Å²) in [5.41, 5.74) is 4.42. The van der Waals surface area contributed by atoms with Crippen LogP contribution in [0.3, 0.4) is 0 Å². The van der Waals surface area contributed by atoms with Crippen molar-refractivity contribution in [2.24, 2.45) is 0 Å². The molecule has 29 heavy (non-hydrogen) atoms. The van der Waals surface area contributed by atoms with Crippen LogP contribution >= 0.6 is 24.0 Å². The Balaban J connectivity index is 0.00000240. The van der Waals surface area contributed by atoms with Crippen LogP contribution in [0.5, 0.6) is 0 Å². The number of aryl methyl sites for hydroxylation is 1. The van der Waals surface area contributed by atoms with E-state index in [2.05, 4.69) is 34.8 Å². The van der Waals surface area contributed by atoms with Crippen LogP contribution in [0.4, 0.5) is 5.69 Å². The summed E-state index contributed by atoms with van der Waals surface area (Å²) in [5.74, 6) is 0.124. The van der Waals surface area contributed by atoms with Crippen molar-refractivity contribution in [3.8, 4) is 5.69 Å². The van der Waals surface area contributed by atoms with Crippen LogP contribution in [0.2, 0.25) is 5.02 Å². The van der Waals surface area contributed by atoms with Gasteiger partial charge in [-0.05, 0) is 68.8 Å². The van der Waals surface area contributed by atoms with E-state index >= 15 is 0 Å². The molecule has 2 heterocycles. The zero-order valence-corrected chi connectivity index (χ0v) is 17.8. The maximum Gasteiger partial charge on any atom is 0.259 e. The highest BCUT2D eigenvalue weighted by molar-refractivity contribution is 6.31. The second-order valence-electron chi connectivity index (χ2n) is 7.18. The van der Waals surface area contributed by atoms with E-state index in [0.29, 0.717) is 16.3 Å². The van der Waals surface area contributed by atoms with Crippen LogP contribution < -0.4 is 10.6 Å². The number of nitrogens with zero attached hydrogens (tertiary/aromatic N) is 2. The number of anilines is 1. The number of hydrogen-bond donors (Lipinski definition) is 2. The van der Waals surface area contributed by atoms with Gasteiger partial charge in [-0.25, -0.2) is 4.68 Å². The van der Waals surface area contributed by atoms with Gasteiger partial charge in [0.25, 0.3) is 5.91 Å². The lowest BCUT2D eigenvalue weighted by molar-refractivity contribution is 0.102. The number of carbonyl (C=O) groups is 1. The van der Waals surface area contributed by atoms with Crippen molar-refractivity contribution in [3.63, 3.8) is 0 Å². The van der Waals surface area contributed by atoms with E-state index in [-0.39, 0.29) is 24.2 Å². The quantitative estimate of drug-likeness (QED) is 0.613. The first-order chi connectivity index (χ1) is 13.6. The predicted octanol–water partition coefficient (Wildman–Crippen LogP) is 4.98. The molecule has 3 aromatic rings. The molecule has 0 spiro atoms. The lowest BCUT2D eigenvalue weighted by Crippen LogP contribution is -2.29. The molecule has 1 aliphatic rings. The van der Waals surface area contributed by atoms with Gasteiger partial charge in [0, 0.05) is 16.6 Å². The van der Waals surface area contributed by atoms with E-state index in [0.717, 1.165) is 42.9 Å². The van der Waals surface area contributed by atoms with Gasteiger partial charge in [0.15, 0.2) is 0 Å². The normalized spacial score (nSPS) is 14.3. The van der Waals surface area contributed by atoms with Gasteiger partial charge >= 0.3 is 0 Å². The summed E-state index contributed by atoms with van der Waals surface area (Å²) in [6.07, 6.45) is 3.64. The Morgan fingerprint density at radius 1 is 1.17 bits per heavy atom. The summed E-state index contributed by atoms with van der Waals surface area (Å²) in [4.78, 5) is 13.1. The molecular formula is C22H24Cl2N4O. The summed E-state index contributed by atoms with van der Waals surface area (Å²) < 4.78 is 1.93. The molecule has 5 nitrogen and oxygen atoms in total. The monoisotopic (exact) mass is 430 g/mol. The lowest BCUT2D eigenvalue weighted by Gasteiger charge is -2.24. The molecule has 1 aliphatic heterocycles. The van der Waals surface area contributed by atoms with Gasteiger partial charge < -0.3 is 10.6 Å². The minimum atomic E-state index is -0.158. The van der Waals surface area contributed by atoms with Crippen molar-refractivity contribution >= 4 is 35.6 Å². The van der Waals surface area contributed by atoms with Crippen molar-refractivity contribution in [1.82, 2.24) is 15.1 Å². The van der Waals surface area contributed by atoms with Crippen molar-refractivity contribution in [2.75, 3.05) is 18.4 Å². The largest absolute Gasteiger partial charge is 0.322 e. The molecule has 152 valence electrons. The molecule has 0 unspecified atom stereocenters.